The van der Waals surface area contributed by atoms with Crippen molar-refractivity contribution in [1.29, 1.82) is 0 Å². The zero-order valence-electron chi connectivity index (χ0n) is 11.3. The Kier molecular flexibility index (Phi) is 5.50. The largest absolute Gasteiger partial charge is 0.381 e. The highest BCUT2D eigenvalue weighted by Gasteiger charge is 2.20. The Hall–Kier alpha value is -1.87. The summed E-state index contributed by atoms with van der Waals surface area (Å²) < 4.78 is 21.9. The van der Waals surface area contributed by atoms with Crippen molar-refractivity contribution in [1.82, 2.24) is 5.32 Å². The third-order valence-electron chi connectivity index (χ3n) is 2.54. The standard InChI is InChI=1S/C11H14ClN3O5S/c1-13-10-8(12)5-7(6-9(10)15(17)18)11(16)14-3-4-21(2,19)20/h5-6,13H,3-4H2,1-2H3,(H,14,16). The minimum absolute atomic E-state index is 0.0146. The summed E-state index contributed by atoms with van der Waals surface area (Å²) in [4.78, 5) is 22.1. The molecule has 2 N–H and O–H groups in total. The molecule has 1 aromatic rings. The van der Waals surface area contributed by atoms with E-state index < -0.39 is 20.7 Å². The van der Waals surface area contributed by atoms with E-state index in [1.165, 1.54) is 13.1 Å². The number of amides is 1. The van der Waals surface area contributed by atoms with Gasteiger partial charge in [0.05, 0.1) is 15.7 Å². The number of nitro groups is 1. The van der Waals surface area contributed by atoms with Gasteiger partial charge in [0.1, 0.15) is 15.5 Å². The second-order valence-corrected chi connectivity index (χ2v) is 6.91. The number of hydrogen-bond donors (Lipinski definition) is 2. The fourth-order valence-electron chi connectivity index (χ4n) is 1.57. The Morgan fingerprint density at radius 2 is 2.05 bits per heavy atom. The molecule has 116 valence electrons. The maximum absolute atomic E-state index is 11.8. The number of rotatable bonds is 6. The number of hydrogen-bond acceptors (Lipinski definition) is 6. The highest BCUT2D eigenvalue weighted by Crippen LogP contribution is 2.33. The second kappa shape index (κ2) is 6.72. The van der Waals surface area contributed by atoms with Crippen molar-refractivity contribution >= 4 is 38.7 Å². The van der Waals surface area contributed by atoms with Gasteiger partial charge in [0, 0.05) is 31.5 Å². The van der Waals surface area contributed by atoms with Crippen LogP contribution < -0.4 is 10.6 Å². The Morgan fingerprint density at radius 3 is 2.52 bits per heavy atom. The Balaban J connectivity index is 2.98. The molecule has 0 aliphatic rings. The molecule has 21 heavy (non-hydrogen) atoms. The van der Waals surface area contributed by atoms with Gasteiger partial charge in [0.15, 0.2) is 0 Å². The zero-order chi connectivity index (χ0) is 16.2. The molecule has 0 saturated carbocycles. The van der Waals surface area contributed by atoms with E-state index >= 15 is 0 Å². The quantitative estimate of drug-likeness (QED) is 0.592. The van der Waals surface area contributed by atoms with Crippen LogP contribution in [-0.2, 0) is 9.84 Å². The summed E-state index contributed by atoms with van der Waals surface area (Å²) in [6, 6.07) is 2.35. The van der Waals surface area contributed by atoms with Gasteiger partial charge < -0.3 is 10.6 Å². The van der Waals surface area contributed by atoms with Crippen molar-refractivity contribution in [3.8, 4) is 0 Å². The van der Waals surface area contributed by atoms with Crippen LogP contribution in [-0.4, -0.2) is 44.8 Å². The highest BCUT2D eigenvalue weighted by molar-refractivity contribution is 7.90. The molecule has 0 atom stereocenters. The van der Waals surface area contributed by atoms with Crippen LogP contribution in [0.15, 0.2) is 12.1 Å². The SMILES string of the molecule is CNc1c(Cl)cc(C(=O)NCCS(C)(=O)=O)cc1[N+](=O)[O-]. The smallest absolute Gasteiger partial charge is 0.294 e. The monoisotopic (exact) mass is 335 g/mol. The summed E-state index contributed by atoms with van der Waals surface area (Å²) in [5.74, 6) is -0.852. The molecule has 0 aliphatic carbocycles. The van der Waals surface area contributed by atoms with E-state index in [1.54, 1.807) is 0 Å². The van der Waals surface area contributed by atoms with Crippen LogP contribution >= 0.6 is 11.6 Å². The predicted octanol–water partition coefficient (Wildman–Crippen LogP) is 1.06. The fourth-order valence-corrected chi connectivity index (χ4v) is 2.35. The zero-order valence-corrected chi connectivity index (χ0v) is 12.9. The summed E-state index contributed by atoms with van der Waals surface area (Å²) in [5, 5.41) is 15.9. The molecule has 8 nitrogen and oxygen atoms in total. The van der Waals surface area contributed by atoms with E-state index in [0.717, 1.165) is 12.3 Å². The van der Waals surface area contributed by atoms with Crippen LogP contribution in [0, 0.1) is 10.1 Å². The van der Waals surface area contributed by atoms with Crippen LogP contribution in [0.4, 0.5) is 11.4 Å². The average Bonchev–Trinajstić information content (AvgIpc) is 2.35. The van der Waals surface area contributed by atoms with E-state index in [9.17, 15) is 23.3 Å². The molecule has 0 fully saturated rings. The first-order valence-corrected chi connectivity index (χ1v) is 8.21. The second-order valence-electron chi connectivity index (χ2n) is 4.25. The Labute approximate surface area is 126 Å². The topological polar surface area (TPSA) is 118 Å². The van der Waals surface area contributed by atoms with Crippen molar-refractivity contribution in [2.75, 3.05) is 30.9 Å². The van der Waals surface area contributed by atoms with Gasteiger partial charge in [-0.15, -0.1) is 0 Å². The van der Waals surface area contributed by atoms with Crippen molar-refractivity contribution in [3.05, 3.63) is 32.8 Å². The van der Waals surface area contributed by atoms with Gasteiger partial charge in [-0.25, -0.2) is 8.42 Å². The number of anilines is 1. The van der Waals surface area contributed by atoms with E-state index in [-0.39, 0.29) is 34.3 Å². The van der Waals surface area contributed by atoms with Gasteiger partial charge >= 0.3 is 0 Å². The lowest BCUT2D eigenvalue weighted by atomic mass is 10.1. The fraction of sp³-hybridized carbons (Fsp3) is 0.364. The number of benzene rings is 1. The van der Waals surface area contributed by atoms with Crippen LogP contribution in [0.3, 0.4) is 0 Å². The van der Waals surface area contributed by atoms with Gasteiger partial charge in [0.2, 0.25) is 0 Å². The van der Waals surface area contributed by atoms with Crippen molar-refractivity contribution < 1.29 is 18.1 Å². The summed E-state index contributed by atoms with van der Waals surface area (Å²) in [7, 11) is -1.73. The van der Waals surface area contributed by atoms with Crippen LogP contribution in [0.5, 0.6) is 0 Å². The van der Waals surface area contributed by atoms with Gasteiger partial charge in [-0.3, -0.25) is 14.9 Å². The van der Waals surface area contributed by atoms with Gasteiger partial charge in [-0.2, -0.15) is 0 Å². The molecule has 0 saturated heterocycles. The number of nitrogens with one attached hydrogen (secondary N) is 2. The Bertz CT molecular complexity index is 675. The first-order chi connectivity index (χ1) is 9.65. The molecule has 0 aliphatic heterocycles. The summed E-state index contributed by atoms with van der Waals surface area (Å²) in [6.07, 6.45) is 1.04. The molecule has 0 aromatic heterocycles. The first kappa shape index (κ1) is 17.2. The number of nitro benzene ring substituents is 1. The van der Waals surface area contributed by atoms with E-state index in [0.29, 0.717) is 0 Å². The number of carbonyl (C=O) groups excluding carboxylic acids is 1. The van der Waals surface area contributed by atoms with Crippen molar-refractivity contribution in [3.63, 3.8) is 0 Å². The molecule has 1 rings (SSSR count). The number of sulfone groups is 1. The van der Waals surface area contributed by atoms with E-state index in [2.05, 4.69) is 10.6 Å². The van der Waals surface area contributed by atoms with E-state index in [4.69, 9.17) is 11.6 Å². The van der Waals surface area contributed by atoms with Crippen molar-refractivity contribution in [2.24, 2.45) is 0 Å². The minimum atomic E-state index is -3.20. The van der Waals surface area contributed by atoms with Crippen LogP contribution in [0.1, 0.15) is 10.4 Å². The van der Waals surface area contributed by atoms with Crippen LogP contribution in [0.25, 0.3) is 0 Å². The molecular formula is C11H14ClN3O5S. The number of nitrogens with zero attached hydrogens (tertiary/aromatic N) is 1. The Morgan fingerprint density at radius 1 is 1.43 bits per heavy atom. The van der Waals surface area contributed by atoms with Gasteiger partial charge in [-0.05, 0) is 6.07 Å². The van der Waals surface area contributed by atoms with Crippen LogP contribution in [0.2, 0.25) is 5.02 Å². The summed E-state index contributed by atoms with van der Waals surface area (Å²) in [5.41, 5.74) is -0.244. The predicted molar refractivity (Wildman–Crippen MR) is 79.7 cm³/mol. The molecule has 1 aromatic carbocycles. The highest BCUT2D eigenvalue weighted by atomic mass is 35.5. The maximum Gasteiger partial charge on any atom is 0.294 e. The first-order valence-electron chi connectivity index (χ1n) is 5.77. The minimum Gasteiger partial charge on any atom is -0.381 e. The summed E-state index contributed by atoms with van der Waals surface area (Å²) >= 11 is 5.89. The molecule has 0 radical (unpaired) electrons. The molecule has 0 heterocycles. The normalized spacial score (nSPS) is 11.0. The number of carbonyl (C=O) groups is 1. The van der Waals surface area contributed by atoms with E-state index in [1.807, 2.05) is 0 Å². The lowest BCUT2D eigenvalue weighted by Crippen LogP contribution is -2.28. The lowest BCUT2D eigenvalue weighted by molar-refractivity contribution is -0.383. The molecule has 0 bridgehead atoms. The lowest BCUT2D eigenvalue weighted by Gasteiger charge is -2.08. The van der Waals surface area contributed by atoms with Gasteiger partial charge in [0.25, 0.3) is 11.6 Å². The molecular weight excluding hydrogens is 322 g/mol. The average molecular weight is 336 g/mol. The number of halogens is 1. The molecule has 10 heteroatoms. The molecule has 1 amide bonds. The van der Waals surface area contributed by atoms with Crippen molar-refractivity contribution in [2.45, 2.75) is 0 Å². The maximum atomic E-state index is 11.8. The van der Waals surface area contributed by atoms with Gasteiger partial charge in [-0.1, -0.05) is 11.6 Å². The third-order valence-corrected chi connectivity index (χ3v) is 3.78. The summed E-state index contributed by atoms with van der Waals surface area (Å²) in [6.45, 7) is -0.0864. The third kappa shape index (κ3) is 4.87. The molecule has 0 spiro atoms. The molecule has 0 unspecified atom stereocenters.